The minimum Gasteiger partial charge on any atom is -0.481 e. The fourth-order valence-electron chi connectivity index (χ4n) is 1.85. The zero-order valence-electron chi connectivity index (χ0n) is 11.5. The average molecular weight is 247 g/mol. The summed E-state index contributed by atoms with van der Waals surface area (Å²) in [6.07, 6.45) is 0. The van der Waals surface area contributed by atoms with Crippen molar-refractivity contribution in [2.75, 3.05) is 34.0 Å². The van der Waals surface area contributed by atoms with Gasteiger partial charge in [0.25, 0.3) is 0 Å². The van der Waals surface area contributed by atoms with Crippen LogP contribution < -0.4 is 0 Å². The van der Waals surface area contributed by atoms with Gasteiger partial charge in [0.2, 0.25) is 0 Å². The maximum Gasteiger partial charge on any atom is 0.307 e. The molecule has 0 amide bonds. The maximum absolute atomic E-state index is 11.0. The molecule has 0 bridgehead atoms. The second-order valence-corrected chi connectivity index (χ2v) is 4.40. The largest absolute Gasteiger partial charge is 0.481 e. The van der Waals surface area contributed by atoms with Gasteiger partial charge in [-0.1, -0.05) is 6.92 Å². The smallest absolute Gasteiger partial charge is 0.307 e. The SMILES string of the molecule is COCCN(C(C)COC)C(C)C(C)C(=O)O. The number of hydrogen-bond donors (Lipinski definition) is 1. The highest BCUT2D eigenvalue weighted by Crippen LogP contribution is 2.14. The van der Waals surface area contributed by atoms with Gasteiger partial charge in [0.05, 0.1) is 19.1 Å². The number of rotatable bonds is 9. The van der Waals surface area contributed by atoms with E-state index in [-0.39, 0.29) is 12.1 Å². The number of nitrogens with zero attached hydrogens (tertiary/aromatic N) is 1. The van der Waals surface area contributed by atoms with Gasteiger partial charge < -0.3 is 14.6 Å². The van der Waals surface area contributed by atoms with E-state index in [4.69, 9.17) is 14.6 Å². The molecule has 0 saturated heterocycles. The highest BCUT2D eigenvalue weighted by Gasteiger charge is 2.28. The summed E-state index contributed by atoms with van der Waals surface area (Å²) in [6.45, 7) is 7.57. The van der Waals surface area contributed by atoms with E-state index in [1.807, 2.05) is 13.8 Å². The van der Waals surface area contributed by atoms with Crippen molar-refractivity contribution >= 4 is 5.97 Å². The van der Waals surface area contributed by atoms with E-state index in [1.165, 1.54) is 0 Å². The predicted octanol–water partition coefficient (Wildman–Crippen LogP) is 1.08. The van der Waals surface area contributed by atoms with Crippen molar-refractivity contribution < 1.29 is 19.4 Å². The van der Waals surface area contributed by atoms with Crippen molar-refractivity contribution in [3.05, 3.63) is 0 Å². The molecule has 0 rings (SSSR count). The summed E-state index contributed by atoms with van der Waals surface area (Å²) in [5, 5.41) is 9.05. The van der Waals surface area contributed by atoms with Crippen LogP contribution in [0.1, 0.15) is 20.8 Å². The van der Waals surface area contributed by atoms with Gasteiger partial charge >= 0.3 is 5.97 Å². The first-order valence-corrected chi connectivity index (χ1v) is 5.92. The van der Waals surface area contributed by atoms with Crippen LogP contribution in [-0.2, 0) is 14.3 Å². The van der Waals surface area contributed by atoms with Crippen molar-refractivity contribution in [3.63, 3.8) is 0 Å². The van der Waals surface area contributed by atoms with Gasteiger partial charge in [0, 0.05) is 32.8 Å². The standard InChI is InChI=1S/C12H25NO4/c1-9(8-17-5)13(6-7-16-4)11(3)10(2)12(14)15/h9-11H,6-8H2,1-5H3,(H,14,15). The van der Waals surface area contributed by atoms with Gasteiger partial charge in [-0.25, -0.2) is 0 Å². The molecule has 0 aromatic rings. The second kappa shape index (κ2) is 8.44. The topological polar surface area (TPSA) is 59.0 Å². The Bertz CT molecular complexity index is 223. The summed E-state index contributed by atoms with van der Waals surface area (Å²) in [6, 6.07) is 0.125. The Kier molecular flexibility index (Phi) is 8.12. The molecule has 5 nitrogen and oxygen atoms in total. The first kappa shape index (κ1) is 16.4. The number of carboxylic acid groups (broad SMARTS) is 1. The highest BCUT2D eigenvalue weighted by atomic mass is 16.5. The Morgan fingerprint density at radius 1 is 1.24 bits per heavy atom. The average Bonchev–Trinajstić information content (AvgIpc) is 2.28. The second-order valence-electron chi connectivity index (χ2n) is 4.40. The molecule has 0 aromatic heterocycles. The van der Waals surface area contributed by atoms with Crippen LogP contribution in [0, 0.1) is 5.92 Å². The summed E-state index contributed by atoms with van der Waals surface area (Å²) in [5.41, 5.74) is 0. The van der Waals surface area contributed by atoms with E-state index in [0.29, 0.717) is 19.8 Å². The van der Waals surface area contributed by atoms with Crippen LogP contribution in [0.25, 0.3) is 0 Å². The Balaban J connectivity index is 4.58. The number of ether oxygens (including phenoxy) is 2. The normalized spacial score (nSPS) is 16.8. The van der Waals surface area contributed by atoms with Crippen LogP contribution in [0.4, 0.5) is 0 Å². The third kappa shape index (κ3) is 5.48. The quantitative estimate of drug-likeness (QED) is 0.660. The maximum atomic E-state index is 11.0. The van der Waals surface area contributed by atoms with Crippen LogP contribution in [0.15, 0.2) is 0 Å². The lowest BCUT2D eigenvalue weighted by molar-refractivity contribution is -0.143. The molecule has 0 aliphatic heterocycles. The van der Waals surface area contributed by atoms with E-state index in [2.05, 4.69) is 4.90 Å². The van der Waals surface area contributed by atoms with E-state index < -0.39 is 11.9 Å². The van der Waals surface area contributed by atoms with Crippen LogP contribution in [0.3, 0.4) is 0 Å². The van der Waals surface area contributed by atoms with Crippen molar-refractivity contribution in [3.8, 4) is 0 Å². The molecule has 0 saturated carbocycles. The van der Waals surface area contributed by atoms with Crippen molar-refractivity contribution in [1.82, 2.24) is 4.90 Å². The minimum atomic E-state index is -0.774. The molecule has 3 unspecified atom stereocenters. The first-order chi connectivity index (χ1) is 7.95. The van der Waals surface area contributed by atoms with E-state index in [0.717, 1.165) is 0 Å². The summed E-state index contributed by atoms with van der Waals surface area (Å²) in [5.74, 6) is -1.18. The number of hydrogen-bond acceptors (Lipinski definition) is 4. The summed E-state index contributed by atoms with van der Waals surface area (Å²) >= 11 is 0. The predicted molar refractivity (Wildman–Crippen MR) is 66.2 cm³/mol. The molecular weight excluding hydrogens is 222 g/mol. The number of carboxylic acids is 1. The number of carbonyl (C=O) groups is 1. The lowest BCUT2D eigenvalue weighted by Crippen LogP contribution is -2.48. The molecule has 1 N–H and O–H groups in total. The van der Waals surface area contributed by atoms with Crippen LogP contribution in [0.5, 0.6) is 0 Å². The molecule has 0 spiro atoms. The Labute approximate surface area is 104 Å². The zero-order valence-corrected chi connectivity index (χ0v) is 11.5. The summed E-state index contributed by atoms with van der Waals surface area (Å²) < 4.78 is 10.2. The highest BCUT2D eigenvalue weighted by molar-refractivity contribution is 5.70. The van der Waals surface area contributed by atoms with Gasteiger partial charge in [0.1, 0.15) is 0 Å². The molecule has 0 aliphatic rings. The van der Waals surface area contributed by atoms with Gasteiger partial charge in [-0.3, -0.25) is 9.69 Å². The lowest BCUT2D eigenvalue weighted by Gasteiger charge is -2.36. The number of aliphatic carboxylic acids is 1. The van der Waals surface area contributed by atoms with E-state index >= 15 is 0 Å². The Hall–Kier alpha value is -0.650. The van der Waals surface area contributed by atoms with E-state index in [1.54, 1.807) is 21.1 Å². The molecule has 0 fully saturated rings. The molecule has 0 radical (unpaired) electrons. The molecule has 0 heterocycles. The molecule has 3 atom stereocenters. The van der Waals surface area contributed by atoms with Crippen LogP contribution in [-0.4, -0.2) is 62.0 Å². The third-order valence-electron chi connectivity index (χ3n) is 3.16. The van der Waals surface area contributed by atoms with Crippen molar-refractivity contribution in [2.24, 2.45) is 5.92 Å². The summed E-state index contributed by atoms with van der Waals surface area (Å²) in [7, 11) is 3.29. The zero-order chi connectivity index (χ0) is 13.4. The van der Waals surface area contributed by atoms with Gasteiger partial charge in [0.15, 0.2) is 0 Å². The monoisotopic (exact) mass is 247 g/mol. The van der Waals surface area contributed by atoms with Crippen molar-refractivity contribution in [2.45, 2.75) is 32.9 Å². The Morgan fingerprint density at radius 3 is 2.24 bits per heavy atom. The van der Waals surface area contributed by atoms with E-state index in [9.17, 15) is 4.79 Å². The third-order valence-corrected chi connectivity index (χ3v) is 3.16. The number of methoxy groups -OCH3 is 2. The first-order valence-electron chi connectivity index (χ1n) is 5.92. The van der Waals surface area contributed by atoms with Gasteiger partial charge in [-0.15, -0.1) is 0 Å². The minimum absolute atomic E-state index is 0.0483. The van der Waals surface area contributed by atoms with Crippen LogP contribution >= 0.6 is 0 Å². The fourth-order valence-corrected chi connectivity index (χ4v) is 1.85. The van der Waals surface area contributed by atoms with Gasteiger partial charge in [-0.2, -0.15) is 0 Å². The summed E-state index contributed by atoms with van der Waals surface area (Å²) in [4.78, 5) is 13.1. The molecule has 5 heteroatoms. The molecule has 0 aliphatic carbocycles. The fraction of sp³-hybridized carbons (Fsp3) is 0.917. The molecular formula is C12H25NO4. The lowest BCUT2D eigenvalue weighted by atomic mass is 10.0. The molecule has 17 heavy (non-hydrogen) atoms. The molecule has 102 valence electrons. The van der Waals surface area contributed by atoms with Crippen LogP contribution in [0.2, 0.25) is 0 Å². The Morgan fingerprint density at radius 2 is 1.82 bits per heavy atom. The van der Waals surface area contributed by atoms with Crippen molar-refractivity contribution in [1.29, 1.82) is 0 Å². The van der Waals surface area contributed by atoms with Gasteiger partial charge in [-0.05, 0) is 13.8 Å². The molecule has 0 aromatic carbocycles.